The Bertz CT molecular complexity index is 389. The summed E-state index contributed by atoms with van der Waals surface area (Å²) in [6.07, 6.45) is 4.56. The monoisotopic (exact) mass is 296 g/mol. The molecular formula is C15H21BrO. The maximum Gasteiger partial charge on any atom is 0.0847 e. The third-order valence-electron chi connectivity index (χ3n) is 3.75. The molecular weight excluding hydrogens is 276 g/mol. The van der Waals surface area contributed by atoms with Crippen LogP contribution in [0.1, 0.15) is 50.2 Å². The highest BCUT2D eigenvalue weighted by atomic mass is 79.9. The predicted octanol–water partition coefficient (Wildman–Crippen LogP) is 4.82. The lowest BCUT2D eigenvalue weighted by Gasteiger charge is -2.15. The summed E-state index contributed by atoms with van der Waals surface area (Å²) in [7, 11) is 0. The van der Waals surface area contributed by atoms with E-state index in [4.69, 9.17) is 4.74 Å². The van der Waals surface area contributed by atoms with Gasteiger partial charge in [-0.15, -0.1) is 0 Å². The summed E-state index contributed by atoms with van der Waals surface area (Å²) in [5.74, 6) is 0.642. The van der Waals surface area contributed by atoms with Crippen LogP contribution in [-0.4, -0.2) is 12.2 Å². The highest BCUT2D eigenvalue weighted by molar-refractivity contribution is 9.10. The molecule has 1 fully saturated rings. The number of hydrogen-bond donors (Lipinski definition) is 0. The summed E-state index contributed by atoms with van der Waals surface area (Å²) >= 11 is 3.56. The van der Waals surface area contributed by atoms with Gasteiger partial charge in [0.1, 0.15) is 0 Å². The summed E-state index contributed by atoms with van der Waals surface area (Å²) in [5, 5.41) is 0. The molecule has 2 heteroatoms. The van der Waals surface area contributed by atoms with Crippen molar-refractivity contribution in [3.8, 4) is 0 Å². The Morgan fingerprint density at radius 1 is 1.29 bits per heavy atom. The van der Waals surface area contributed by atoms with Gasteiger partial charge < -0.3 is 4.74 Å². The largest absolute Gasteiger partial charge is 0.370 e. The average Bonchev–Trinajstić information content (AvgIpc) is 3.08. The fraction of sp³-hybridized carbons (Fsp3) is 0.600. The second-order valence-electron chi connectivity index (χ2n) is 4.97. The van der Waals surface area contributed by atoms with Crippen LogP contribution in [0.3, 0.4) is 0 Å². The Labute approximate surface area is 113 Å². The van der Waals surface area contributed by atoms with Crippen molar-refractivity contribution in [2.75, 3.05) is 0 Å². The minimum atomic E-state index is 0.508. The standard InChI is InChI=1S/C15H21BrO/c1-4-11(9-15-14(5-2)17-15)12-6-7-13(16)10(3)8-12/h6-8,11,14-15H,4-5,9H2,1-3H3. The van der Waals surface area contributed by atoms with Crippen LogP contribution in [-0.2, 0) is 4.74 Å². The second-order valence-corrected chi connectivity index (χ2v) is 5.83. The molecule has 0 bridgehead atoms. The molecule has 17 heavy (non-hydrogen) atoms. The van der Waals surface area contributed by atoms with E-state index in [1.54, 1.807) is 0 Å². The summed E-state index contributed by atoms with van der Waals surface area (Å²) in [6, 6.07) is 6.72. The number of rotatable bonds is 5. The number of halogens is 1. The van der Waals surface area contributed by atoms with E-state index in [2.05, 4.69) is 54.9 Å². The van der Waals surface area contributed by atoms with Gasteiger partial charge in [0.15, 0.2) is 0 Å². The molecule has 0 aromatic heterocycles. The molecule has 0 aliphatic carbocycles. The Hall–Kier alpha value is -0.340. The van der Waals surface area contributed by atoms with Crippen molar-refractivity contribution in [2.45, 2.75) is 58.2 Å². The zero-order valence-electron chi connectivity index (χ0n) is 10.9. The van der Waals surface area contributed by atoms with Gasteiger partial charge in [-0.3, -0.25) is 0 Å². The molecule has 3 unspecified atom stereocenters. The summed E-state index contributed by atoms with van der Waals surface area (Å²) in [4.78, 5) is 0. The van der Waals surface area contributed by atoms with Crippen molar-refractivity contribution in [1.29, 1.82) is 0 Å². The van der Waals surface area contributed by atoms with Crippen molar-refractivity contribution >= 4 is 15.9 Å². The Balaban J connectivity index is 2.04. The number of ether oxygens (including phenoxy) is 1. The van der Waals surface area contributed by atoms with Crippen LogP contribution < -0.4 is 0 Å². The van der Waals surface area contributed by atoms with Crippen molar-refractivity contribution in [2.24, 2.45) is 0 Å². The Morgan fingerprint density at radius 3 is 2.59 bits per heavy atom. The SMILES string of the molecule is CCC(CC1OC1CC)c1ccc(Br)c(C)c1. The van der Waals surface area contributed by atoms with Crippen molar-refractivity contribution in [1.82, 2.24) is 0 Å². The van der Waals surface area contributed by atoms with Gasteiger partial charge in [0.05, 0.1) is 12.2 Å². The highest BCUT2D eigenvalue weighted by Crippen LogP contribution is 2.36. The van der Waals surface area contributed by atoms with E-state index >= 15 is 0 Å². The van der Waals surface area contributed by atoms with Gasteiger partial charge in [-0.1, -0.05) is 41.9 Å². The van der Waals surface area contributed by atoms with Gasteiger partial charge in [0.2, 0.25) is 0 Å². The summed E-state index contributed by atoms with van der Waals surface area (Å²) in [6.45, 7) is 6.63. The van der Waals surface area contributed by atoms with Crippen LogP contribution in [0.2, 0.25) is 0 Å². The van der Waals surface area contributed by atoms with Crippen LogP contribution in [0.25, 0.3) is 0 Å². The molecule has 0 spiro atoms. The van der Waals surface area contributed by atoms with E-state index in [0.29, 0.717) is 18.1 Å². The first kappa shape index (κ1) is 13.1. The smallest absolute Gasteiger partial charge is 0.0847 e. The first-order chi connectivity index (χ1) is 8.15. The molecule has 1 nitrogen and oxygen atoms in total. The molecule has 1 aliphatic rings. The number of benzene rings is 1. The van der Waals surface area contributed by atoms with E-state index in [0.717, 1.165) is 6.42 Å². The highest BCUT2D eigenvalue weighted by Gasteiger charge is 2.38. The topological polar surface area (TPSA) is 12.5 Å². The fourth-order valence-corrected chi connectivity index (χ4v) is 2.73. The Morgan fingerprint density at radius 2 is 2.06 bits per heavy atom. The van der Waals surface area contributed by atoms with Crippen molar-refractivity contribution in [3.05, 3.63) is 33.8 Å². The molecule has 1 heterocycles. The van der Waals surface area contributed by atoms with Crippen LogP contribution in [0.4, 0.5) is 0 Å². The second kappa shape index (κ2) is 5.53. The Kier molecular flexibility index (Phi) is 4.26. The molecule has 0 saturated carbocycles. The molecule has 0 amide bonds. The zero-order chi connectivity index (χ0) is 12.4. The van der Waals surface area contributed by atoms with Crippen LogP contribution >= 0.6 is 15.9 Å². The molecule has 1 aromatic carbocycles. The number of epoxide rings is 1. The van der Waals surface area contributed by atoms with E-state index < -0.39 is 0 Å². The summed E-state index contributed by atoms with van der Waals surface area (Å²) in [5.41, 5.74) is 2.78. The maximum atomic E-state index is 5.66. The lowest BCUT2D eigenvalue weighted by Crippen LogP contribution is -2.04. The minimum Gasteiger partial charge on any atom is -0.370 e. The van der Waals surface area contributed by atoms with Crippen LogP contribution in [0, 0.1) is 6.92 Å². The normalized spacial score (nSPS) is 24.7. The van der Waals surface area contributed by atoms with E-state index in [1.165, 1.54) is 28.4 Å². The molecule has 1 aromatic rings. The van der Waals surface area contributed by atoms with E-state index in [9.17, 15) is 0 Å². The van der Waals surface area contributed by atoms with E-state index in [-0.39, 0.29) is 0 Å². The molecule has 94 valence electrons. The van der Waals surface area contributed by atoms with E-state index in [1.807, 2.05) is 0 Å². The van der Waals surface area contributed by atoms with Crippen LogP contribution in [0.15, 0.2) is 22.7 Å². The molecule has 1 aliphatic heterocycles. The van der Waals surface area contributed by atoms with Crippen molar-refractivity contribution in [3.63, 3.8) is 0 Å². The predicted molar refractivity (Wildman–Crippen MR) is 75.5 cm³/mol. The van der Waals surface area contributed by atoms with Gasteiger partial charge in [-0.2, -0.15) is 0 Å². The minimum absolute atomic E-state index is 0.508. The lowest BCUT2D eigenvalue weighted by atomic mass is 9.90. The zero-order valence-corrected chi connectivity index (χ0v) is 12.5. The molecule has 0 N–H and O–H groups in total. The van der Waals surface area contributed by atoms with Gasteiger partial charge in [0, 0.05) is 4.47 Å². The average molecular weight is 297 g/mol. The first-order valence-corrected chi connectivity index (χ1v) is 7.36. The molecule has 1 saturated heterocycles. The molecule has 0 radical (unpaired) electrons. The van der Waals surface area contributed by atoms with Gasteiger partial charge in [-0.25, -0.2) is 0 Å². The molecule has 3 atom stereocenters. The number of hydrogen-bond acceptors (Lipinski definition) is 1. The maximum absolute atomic E-state index is 5.66. The van der Waals surface area contributed by atoms with Gasteiger partial charge >= 0.3 is 0 Å². The quantitative estimate of drug-likeness (QED) is 0.710. The summed E-state index contributed by atoms with van der Waals surface area (Å²) < 4.78 is 6.86. The van der Waals surface area contributed by atoms with Gasteiger partial charge in [0.25, 0.3) is 0 Å². The van der Waals surface area contributed by atoms with Crippen LogP contribution in [0.5, 0.6) is 0 Å². The third kappa shape index (κ3) is 3.11. The first-order valence-electron chi connectivity index (χ1n) is 6.57. The fourth-order valence-electron chi connectivity index (χ4n) is 2.49. The van der Waals surface area contributed by atoms with Gasteiger partial charge in [-0.05, 0) is 49.3 Å². The third-order valence-corrected chi connectivity index (χ3v) is 4.64. The molecule has 2 rings (SSSR count). The number of aryl methyl sites for hydroxylation is 1. The van der Waals surface area contributed by atoms with Crippen molar-refractivity contribution < 1.29 is 4.74 Å². The lowest BCUT2D eigenvalue weighted by molar-refractivity contribution is 0.349.